The van der Waals surface area contributed by atoms with Gasteiger partial charge in [-0.25, -0.2) is 0 Å². The van der Waals surface area contributed by atoms with E-state index >= 15 is 0 Å². The monoisotopic (exact) mass is 252 g/mol. The molecule has 0 aliphatic carbocycles. The lowest BCUT2D eigenvalue weighted by molar-refractivity contribution is -0.113. The minimum atomic E-state index is -0.262. The van der Waals surface area contributed by atoms with Gasteiger partial charge in [0, 0.05) is 32.7 Å². The van der Waals surface area contributed by atoms with Crippen molar-refractivity contribution < 1.29 is 4.79 Å². The molecule has 0 aromatic heterocycles. The molecule has 0 atom stereocenters. The van der Waals surface area contributed by atoms with E-state index < -0.39 is 0 Å². The minimum absolute atomic E-state index is 0.262. The molecule has 1 saturated heterocycles. The van der Waals surface area contributed by atoms with Crippen LogP contribution in [0.5, 0.6) is 0 Å². The van der Waals surface area contributed by atoms with Gasteiger partial charge >= 0.3 is 0 Å². The summed E-state index contributed by atoms with van der Waals surface area (Å²) in [5.74, 6) is 0. The van der Waals surface area contributed by atoms with Crippen LogP contribution in [0, 0.1) is 0 Å². The van der Waals surface area contributed by atoms with E-state index in [1.165, 1.54) is 5.56 Å². The smallest absolute Gasteiger partial charge is 0.235 e. The molecule has 0 saturated carbocycles. The largest absolute Gasteiger partial charge is 0.297 e. The van der Waals surface area contributed by atoms with Crippen molar-refractivity contribution >= 4 is 16.8 Å². The maximum atomic E-state index is 10.8. The van der Waals surface area contributed by atoms with Crippen LogP contribution in [0.25, 0.3) is 0 Å². The number of carbonyl (C=O) groups excluding carboxylic acids is 1. The van der Waals surface area contributed by atoms with Gasteiger partial charge < -0.3 is 0 Å². The number of hydrogen-bond acceptors (Lipinski definition) is 3. The lowest BCUT2D eigenvalue weighted by Gasteiger charge is -2.33. The predicted molar refractivity (Wildman–Crippen MR) is 69.0 cm³/mol. The van der Waals surface area contributed by atoms with Gasteiger partial charge in [0.2, 0.25) is 5.24 Å². The standard InChI is InChI=1S/C13H17ClN2O/c14-13(17)11-16-8-6-15(7-9-16)10-12-4-2-1-3-5-12/h1-5H,6-11H2. The fourth-order valence-electron chi connectivity index (χ4n) is 2.12. The first-order valence-corrected chi connectivity index (χ1v) is 6.29. The Labute approximate surface area is 107 Å². The fourth-order valence-corrected chi connectivity index (χ4v) is 2.29. The summed E-state index contributed by atoms with van der Waals surface area (Å²) in [5, 5.41) is -0.262. The molecule has 1 aromatic carbocycles. The number of nitrogens with zero attached hydrogens (tertiary/aromatic N) is 2. The molecule has 0 spiro atoms. The summed E-state index contributed by atoms with van der Waals surface area (Å²) in [6, 6.07) is 10.5. The first-order chi connectivity index (χ1) is 8.24. The average Bonchev–Trinajstić information content (AvgIpc) is 2.32. The maximum absolute atomic E-state index is 10.8. The van der Waals surface area contributed by atoms with E-state index in [1.807, 2.05) is 6.07 Å². The third-order valence-corrected chi connectivity index (χ3v) is 3.18. The van der Waals surface area contributed by atoms with Crippen molar-refractivity contribution in [1.82, 2.24) is 9.80 Å². The highest BCUT2D eigenvalue weighted by atomic mass is 35.5. The Kier molecular flexibility index (Phi) is 4.54. The fraction of sp³-hybridized carbons (Fsp3) is 0.462. The van der Waals surface area contributed by atoms with Gasteiger partial charge in [0.15, 0.2) is 0 Å². The zero-order chi connectivity index (χ0) is 12.1. The van der Waals surface area contributed by atoms with Crippen LogP contribution in [0.2, 0.25) is 0 Å². The Bertz CT molecular complexity index is 361. The van der Waals surface area contributed by atoms with Crippen LogP contribution in [-0.4, -0.2) is 47.8 Å². The zero-order valence-corrected chi connectivity index (χ0v) is 10.6. The molecule has 1 aliphatic rings. The quantitative estimate of drug-likeness (QED) is 0.760. The van der Waals surface area contributed by atoms with E-state index in [9.17, 15) is 4.79 Å². The highest BCUT2D eigenvalue weighted by molar-refractivity contribution is 6.64. The number of hydrogen-bond donors (Lipinski definition) is 0. The van der Waals surface area contributed by atoms with Crippen molar-refractivity contribution in [3.8, 4) is 0 Å². The molecule has 1 aromatic rings. The summed E-state index contributed by atoms with van der Waals surface area (Å²) in [6.45, 7) is 5.21. The number of benzene rings is 1. The van der Waals surface area contributed by atoms with Crippen LogP contribution >= 0.6 is 11.6 Å². The molecule has 92 valence electrons. The molecular weight excluding hydrogens is 236 g/mol. The van der Waals surface area contributed by atoms with Crippen LogP contribution in [0.4, 0.5) is 0 Å². The molecule has 0 N–H and O–H groups in total. The van der Waals surface area contributed by atoms with Crippen LogP contribution in [-0.2, 0) is 11.3 Å². The van der Waals surface area contributed by atoms with Crippen molar-refractivity contribution in [2.75, 3.05) is 32.7 Å². The molecule has 0 unspecified atom stereocenters. The van der Waals surface area contributed by atoms with E-state index in [1.54, 1.807) is 0 Å². The van der Waals surface area contributed by atoms with Crippen molar-refractivity contribution in [1.29, 1.82) is 0 Å². The summed E-state index contributed by atoms with van der Waals surface area (Å²) in [7, 11) is 0. The van der Waals surface area contributed by atoms with Crippen molar-refractivity contribution in [2.24, 2.45) is 0 Å². The molecule has 3 nitrogen and oxygen atoms in total. The Morgan fingerprint density at radius 3 is 2.24 bits per heavy atom. The van der Waals surface area contributed by atoms with Gasteiger partial charge in [0.05, 0.1) is 6.54 Å². The van der Waals surface area contributed by atoms with Gasteiger partial charge in [0.1, 0.15) is 0 Å². The SMILES string of the molecule is O=C(Cl)CN1CCN(Cc2ccccc2)CC1. The van der Waals surface area contributed by atoms with Crippen molar-refractivity contribution in [3.05, 3.63) is 35.9 Å². The molecule has 1 aliphatic heterocycles. The third-order valence-electron chi connectivity index (χ3n) is 3.06. The third kappa shape index (κ3) is 4.11. The second kappa shape index (κ2) is 6.15. The van der Waals surface area contributed by atoms with E-state index in [-0.39, 0.29) is 5.24 Å². The molecule has 17 heavy (non-hydrogen) atoms. The minimum Gasteiger partial charge on any atom is -0.297 e. The zero-order valence-electron chi connectivity index (χ0n) is 9.81. The van der Waals surface area contributed by atoms with E-state index in [4.69, 9.17) is 11.6 Å². The maximum Gasteiger partial charge on any atom is 0.235 e. The average molecular weight is 253 g/mol. The second-order valence-corrected chi connectivity index (χ2v) is 4.81. The van der Waals surface area contributed by atoms with Gasteiger partial charge in [-0.15, -0.1) is 0 Å². The topological polar surface area (TPSA) is 23.6 Å². The van der Waals surface area contributed by atoms with Crippen molar-refractivity contribution in [3.63, 3.8) is 0 Å². The Morgan fingerprint density at radius 1 is 1.06 bits per heavy atom. The number of carbonyl (C=O) groups is 1. The first kappa shape index (κ1) is 12.6. The Balaban J connectivity index is 1.78. The lowest BCUT2D eigenvalue weighted by Crippen LogP contribution is -2.46. The molecule has 1 fully saturated rings. The molecule has 2 rings (SSSR count). The second-order valence-electron chi connectivity index (χ2n) is 4.39. The summed E-state index contributed by atoms with van der Waals surface area (Å²) in [6.07, 6.45) is 0. The summed E-state index contributed by atoms with van der Waals surface area (Å²) < 4.78 is 0. The normalized spacial score (nSPS) is 18.2. The van der Waals surface area contributed by atoms with Crippen LogP contribution in [0.15, 0.2) is 30.3 Å². The van der Waals surface area contributed by atoms with E-state index in [0.717, 1.165) is 32.7 Å². The lowest BCUT2D eigenvalue weighted by atomic mass is 10.2. The van der Waals surface area contributed by atoms with Crippen LogP contribution < -0.4 is 0 Å². The highest BCUT2D eigenvalue weighted by Gasteiger charge is 2.17. The molecule has 1 heterocycles. The molecular formula is C13H17ClN2O. The summed E-state index contributed by atoms with van der Waals surface area (Å²) >= 11 is 5.38. The molecule has 0 radical (unpaired) electrons. The number of piperazine rings is 1. The van der Waals surface area contributed by atoms with Gasteiger partial charge in [-0.3, -0.25) is 14.6 Å². The van der Waals surface area contributed by atoms with Crippen LogP contribution in [0.3, 0.4) is 0 Å². The molecule has 4 heteroatoms. The van der Waals surface area contributed by atoms with Crippen molar-refractivity contribution in [2.45, 2.75) is 6.54 Å². The summed E-state index contributed by atoms with van der Waals surface area (Å²) in [4.78, 5) is 15.3. The molecule has 0 bridgehead atoms. The Morgan fingerprint density at radius 2 is 1.65 bits per heavy atom. The molecule has 0 amide bonds. The highest BCUT2D eigenvalue weighted by Crippen LogP contribution is 2.08. The summed E-state index contributed by atoms with van der Waals surface area (Å²) in [5.41, 5.74) is 1.34. The Hall–Kier alpha value is -0.900. The van der Waals surface area contributed by atoms with Gasteiger partial charge in [-0.1, -0.05) is 30.3 Å². The number of halogens is 1. The predicted octanol–water partition coefficient (Wildman–Crippen LogP) is 1.57. The van der Waals surface area contributed by atoms with E-state index in [0.29, 0.717) is 6.54 Å². The van der Waals surface area contributed by atoms with Gasteiger partial charge in [-0.05, 0) is 17.2 Å². The number of rotatable bonds is 4. The first-order valence-electron chi connectivity index (χ1n) is 5.91. The van der Waals surface area contributed by atoms with Crippen LogP contribution in [0.1, 0.15) is 5.56 Å². The van der Waals surface area contributed by atoms with E-state index in [2.05, 4.69) is 34.1 Å². The van der Waals surface area contributed by atoms with Gasteiger partial charge in [0.25, 0.3) is 0 Å². The van der Waals surface area contributed by atoms with Gasteiger partial charge in [-0.2, -0.15) is 0 Å².